The van der Waals surface area contributed by atoms with E-state index < -0.39 is 5.60 Å². The lowest BCUT2D eigenvalue weighted by atomic mass is 9.83. The number of ether oxygens (including phenoxy) is 2. The smallest absolute Gasteiger partial charge is 0.257 e. The van der Waals surface area contributed by atoms with Gasteiger partial charge in [-0.2, -0.15) is 0 Å². The van der Waals surface area contributed by atoms with Gasteiger partial charge in [-0.05, 0) is 34.9 Å². The molecule has 2 aliphatic rings. The van der Waals surface area contributed by atoms with E-state index in [0.717, 1.165) is 35.5 Å². The van der Waals surface area contributed by atoms with Gasteiger partial charge in [0.2, 0.25) is 0 Å². The van der Waals surface area contributed by atoms with Crippen LogP contribution in [-0.2, 0) is 22.6 Å². The topological polar surface area (TPSA) is 54.9 Å². The molecule has 2 saturated heterocycles. The monoisotopic (exact) mass is 443 g/mol. The number of carbonyl (C=O) groups is 1. The molecule has 1 spiro atoms. The minimum Gasteiger partial charge on any atom is -0.497 e. The van der Waals surface area contributed by atoms with Crippen molar-refractivity contribution in [1.82, 2.24) is 14.8 Å². The van der Waals surface area contributed by atoms with Crippen LogP contribution in [0.5, 0.6) is 5.75 Å². The molecule has 0 radical (unpaired) electrons. The van der Waals surface area contributed by atoms with Gasteiger partial charge in [-0.25, -0.2) is 0 Å². The molecule has 2 aliphatic heterocycles. The number of rotatable bonds is 6. The third-order valence-corrected chi connectivity index (χ3v) is 6.68. The Kier molecular flexibility index (Phi) is 6.11. The summed E-state index contributed by atoms with van der Waals surface area (Å²) in [5.74, 6) is 0.826. The molecule has 2 aromatic carbocycles. The van der Waals surface area contributed by atoms with Gasteiger partial charge in [-0.1, -0.05) is 48.5 Å². The fourth-order valence-electron chi connectivity index (χ4n) is 5.11. The highest BCUT2D eigenvalue weighted by Crippen LogP contribution is 2.42. The summed E-state index contributed by atoms with van der Waals surface area (Å²) < 4.78 is 11.8. The first-order chi connectivity index (χ1) is 16.2. The van der Waals surface area contributed by atoms with Gasteiger partial charge in [-0.15, -0.1) is 0 Å². The van der Waals surface area contributed by atoms with E-state index in [2.05, 4.69) is 40.2 Å². The predicted octanol–water partition coefficient (Wildman–Crippen LogP) is 3.49. The number of aromatic nitrogens is 1. The molecule has 0 saturated carbocycles. The summed E-state index contributed by atoms with van der Waals surface area (Å²) in [6.07, 6.45) is 3.64. The Bertz CT molecular complexity index is 1090. The maximum absolute atomic E-state index is 14.0. The number of carbonyl (C=O) groups excluding carboxylic acids is 1. The molecule has 3 aromatic rings. The van der Waals surface area contributed by atoms with Crippen LogP contribution in [0.15, 0.2) is 79.1 Å². The number of methoxy groups -OCH3 is 1. The standard InChI is InChI=1S/C27H29N3O3/c1-32-24-11-5-9-22(15-24)17-29-19-25(23-10-6-12-28-16-23)27(20-29)26(31)30(13-14-33-27)18-21-7-3-2-4-8-21/h2-12,15-16,25H,13-14,17-20H2,1H3. The van der Waals surface area contributed by atoms with E-state index >= 15 is 0 Å². The van der Waals surface area contributed by atoms with Gasteiger partial charge in [0.25, 0.3) is 5.91 Å². The van der Waals surface area contributed by atoms with Crippen molar-refractivity contribution < 1.29 is 14.3 Å². The fourth-order valence-corrected chi connectivity index (χ4v) is 5.11. The molecule has 2 unspecified atom stereocenters. The number of hydrogen-bond acceptors (Lipinski definition) is 5. The van der Waals surface area contributed by atoms with Crippen molar-refractivity contribution in [2.75, 3.05) is 33.4 Å². The van der Waals surface area contributed by atoms with Gasteiger partial charge < -0.3 is 14.4 Å². The molecule has 1 amide bonds. The van der Waals surface area contributed by atoms with Crippen molar-refractivity contribution in [3.05, 3.63) is 95.8 Å². The average molecular weight is 444 g/mol. The van der Waals surface area contributed by atoms with Gasteiger partial charge in [0.05, 0.1) is 13.7 Å². The Balaban J connectivity index is 1.44. The van der Waals surface area contributed by atoms with Gasteiger partial charge in [0.1, 0.15) is 5.75 Å². The van der Waals surface area contributed by atoms with E-state index in [1.807, 2.05) is 47.5 Å². The van der Waals surface area contributed by atoms with Crippen LogP contribution in [0.3, 0.4) is 0 Å². The quantitative estimate of drug-likeness (QED) is 0.584. The molecule has 33 heavy (non-hydrogen) atoms. The number of morpholine rings is 1. The summed E-state index contributed by atoms with van der Waals surface area (Å²) in [5, 5.41) is 0. The fraction of sp³-hybridized carbons (Fsp3) is 0.333. The Labute approximate surface area is 194 Å². The van der Waals surface area contributed by atoms with Crippen LogP contribution in [0.2, 0.25) is 0 Å². The minimum atomic E-state index is -0.908. The minimum absolute atomic E-state index is 0.0691. The number of likely N-dealkylation sites (tertiary alicyclic amines) is 1. The highest BCUT2D eigenvalue weighted by Gasteiger charge is 2.56. The second kappa shape index (κ2) is 9.33. The largest absolute Gasteiger partial charge is 0.497 e. The van der Waals surface area contributed by atoms with Crippen LogP contribution in [-0.4, -0.2) is 59.6 Å². The van der Waals surface area contributed by atoms with Crippen molar-refractivity contribution in [2.24, 2.45) is 0 Å². The van der Waals surface area contributed by atoms with E-state index in [-0.39, 0.29) is 11.8 Å². The first-order valence-electron chi connectivity index (χ1n) is 11.4. The van der Waals surface area contributed by atoms with Gasteiger partial charge in [0, 0.05) is 51.0 Å². The lowest BCUT2D eigenvalue weighted by Gasteiger charge is -2.42. The summed E-state index contributed by atoms with van der Waals surface area (Å²) in [5.41, 5.74) is 2.42. The SMILES string of the molecule is COc1cccc(CN2CC(c3cccnc3)C3(C2)OCCN(Cc2ccccc2)C3=O)c1. The van der Waals surface area contributed by atoms with Crippen LogP contribution >= 0.6 is 0 Å². The molecule has 0 bridgehead atoms. The van der Waals surface area contributed by atoms with E-state index in [1.165, 1.54) is 0 Å². The summed E-state index contributed by atoms with van der Waals surface area (Å²) in [4.78, 5) is 22.6. The molecule has 170 valence electrons. The van der Waals surface area contributed by atoms with Crippen molar-refractivity contribution in [3.8, 4) is 5.75 Å². The molecule has 6 nitrogen and oxygen atoms in total. The Morgan fingerprint density at radius 3 is 2.70 bits per heavy atom. The van der Waals surface area contributed by atoms with Crippen molar-refractivity contribution in [3.63, 3.8) is 0 Å². The van der Waals surface area contributed by atoms with Crippen LogP contribution in [0.25, 0.3) is 0 Å². The number of benzene rings is 2. The number of amides is 1. The van der Waals surface area contributed by atoms with Crippen molar-refractivity contribution in [1.29, 1.82) is 0 Å². The molecular formula is C27H29N3O3. The van der Waals surface area contributed by atoms with Crippen molar-refractivity contribution >= 4 is 5.91 Å². The third-order valence-electron chi connectivity index (χ3n) is 6.68. The van der Waals surface area contributed by atoms with Crippen LogP contribution in [0.4, 0.5) is 0 Å². The van der Waals surface area contributed by atoms with Crippen molar-refractivity contribution in [2.45, 2.75) is 24.6 Å². The summed E-state index contributed by atoms with van der Waals surface area (Å²) in [6, 6.07) is 22.2. The Morgan fingerprint density at radius 2 is 1.91 bits per heavy atom. The Morgan fingerprint density at radius 1 is 1.06 bits per heavy atom. The number of pyridine rings is 1. The molecule has 2 fully saturated rings. The third kappa shape index (κ3) is 4.36. The molecule has 3 heterocycles. The Hall–Kier alpha value is -3.22. The average Bonchev–Trinajstić information content (AvgIpc) is 3.22. The number of nitrogens with zero attached hydrogens (tertiary/aromatic N) is 3. The molecule has 2 atom stereocenters. The van der Waals surface area contributed by atoms with Gasteiger partial charge in [0.15, 0.2) is 5.60 Å². The summed E-state index contributed by atoms with van der Waals surface area (Å²) in [6.45, 7) is 3.74. The zero-order chi connectivity index (χ0) is 22.7. The van der Waals surface area contributed by atoms with E-state index in [0.29, 0.717) is 26.2 Å². The first-order valence-corrected chi connectivity index (χ1v) is 11.4. The van der Waals surface area contributed by atoms with Crippen LogP contribution < -0.4 is 4.74 Å². The van der Waals surface area contributed by atoms with Crippen LogP contribution in [0, 0.1) is 0 Å². The maximum Gasteiger partial charge on any atom is 0.257 e. The zero-order valence-electron chi connectivity index (χ0n) is 18.9. The number of hydrogen-bond donors (Lipinski definition) is 0. The molecule has 1 aromatic heterocycles. The van der Waals surface area contributed by atoms with Gasteiger partial charge >= 0.3 is 0 Å². The molecule has 5 rings (SSSR count). The maximum atomic E-state index is 14.0. The highest BCUT2D eigenvalue weighted by atomic mass is 16.5. The van der Waals surface area contributed by atoms with E-state index in [1.54, 1.807) is 13.3 Å². The second-order valence-corrected chi connectivity index (χ2v) is 8.81. The van der Waals surface area contributed by atoms with Gasteiger partial charge in [-0.3, -0.25) is 14.7 Å². The highest BCUT2D eigenvalue weighted by molar-refractivity contribution is 5.88. The van der Waals surface area contributed by atoms with Crippen LogP contribution in [0.1, 0.15) is 22.6 Å². The lowest BCUT2D eigenvalue weighted by Crippen LogP contribution is -2.59. The molecule has 0 aliphatic carbocycles. The zero-order valence-corrected chi connectivity index (χ0v) is 18.9. The molecular weight excluding hydrogens is 414 g/mol. The second-order valence-electron chi connectivity index (χ2n) is 8.81. The predicted molar refractivity (Wildman–Crippen MR) is 126 cm³/mol. The first kappa shape index (κ1) is 21.6. The molecule has 6 heteroatoms. The van der Waals surface area contributed by atoms with E-state index in [4.69, 9.17) is 9.47 Å². The summed E-state index contributed by atoms with van der Waals surface area (Å²) >= 11 is 0. The molecule has 0 N–H and O–H groups in total. The normalized spacial score (nSPS) is 23.2. The van der Waals surface area contributed by atoms with E-state index in [9.17, 15) is 4.79 Å². The summed E-state index contributed by atoms with van der Waals surface area (Å²) in [7, 11) is 1.68. The lowest BCUT2D eigenvalue weighted by molar-refractivity contribution is -0.173.